The molecular formula is C14H22O2. The van der Waals surface area contributed by atoms with E-state index in [0.29, 0.717) is 6.42 Å². The van der Waals surface area contributed by atoms with Crippen LogP contribution >= 0.6 is 0 Å². The summed E-state index contributed by atoms with van der Waals surface area (Å²) < 4.78 is 0. The highest BCUT2D eigenvalue weighted by Crippen LogP contribution is 2.20. The topological polar surface area (TPSA) is 37.3 Å². The molecule has 0 spiro atoms. The molecule has 0 fully saturated rings. The summed E-state index contributed by atoms with van der Waals surface area (Å²) in [5.74, 6) is 0.529. The van der Waals surface area contributed by atoms with Gasteiger partial charge in [0, 0.05) is 12.3 Å². The molecule has 0 unspecified atom stereocenters. The second kappa shape index (κ2) is 6.64. The van der Waals surface area contributed by atoms with Crippen LogP contribution < -0.4 is 0 Å². The molecule has 2 nitrogen and oxygen atoms in total. The van der Waals surface area contributed by atoms with Crippen molar-refractivity contribution in [3.8, 4) is 0 Å². The molecule has 0 bridgehead atoms. The van der Waals surface area contributed by atoms with Gasteiger partial charge in [0.05, 0.1) is 6.10 Å². The monoisotopic (exact) mass is 222 g/mol. The normalized spacial score (nSPS) is 37.2. The molecule has 3 atom stereocenters. The maximum Gasteiger partial charge on any atom is 0.155 e. The third kappa shape index (κ3) is 4.31. The molecular weight excluding hydrogens is 200 g/mol. The van der Waals surface area contributed by atoms with Gasteiger partial charge in [-0.1, -0.05) is 32.1 Å². The van der Waals surface area contributed by atoms with Gasteiger partial charge in [-0.3, -0.25) is 4.79 Å². The Bertz CT molecular complexity index is 278. The molecule has 16 heavy (non-hydrogen) atoms. The van der Waals surface area contributed by atoms with Crippen molar-refractivity contribution < 1.29 is 9.90 Å². The Labute approximate surface area is 98.1 Å². The van der Waals surface area contributed by atoms with Crippen LogP contribution in [-0.2, 0) is 4.79 Å². The van der Waals surface area contributed by atoms with Crippen LogP contribution in [0.25, 0.3) is 0 Å². The van der Waals surface area contributed by atoms with Gasteiger partial charge in [-0.15, -0.1) is 0 Å². The van der Waals surface area contributed by atoms with Crippen LogP contribution in [0.1, 0.15) is 39.5 Å². The van der Waals surface area contributed by atoms with Crippen molar-refractivity contribution in [2.75, 3.05) is 0 Å². The number of allylic oxidation sites excluding steroid dienone is 3. The average molecular weight is 222 g/mol. The lowest BCUT2D eigenvalue weighted by molar-refractivity contribution is -0.115. The van der Waals surface area contributed by atoms with Crippen molar-refractivity contribution in [3.63, 3.8) is 0 Å². The molecule has 90 valence electrons. The third-order valence-corrected chi connectivity index (χ3v) is 3.21. The van der Waals surface area contributed by atoms with Crippen molar-refractivity contribution in [1.82, 2.24) is 0 Å². The lowest BCUT2D eigenvalue weighted by Crippen LogP contribution is -2.25. The van der Waals surface area contributed by atoms with Crippen LogP contribution in [-0.4, -0.2) is 17.0 Å². The fourth-order valence-electron chi connectivity index (χ4n) is 1.97. The molecule has 0 aromatic rings. The Balaban J connectivity index is 2.66. The van der Waals surface area contributed by atoms with Gasteiger partial charge >= 0.3 is 0 Å². The van der Waals surface area contributed by atoms with Crippen LogP contribution in [0.5, 0.6) is 0 Å². The lowest BCUT2D eigenvalue weighted by Gasteiger charge is -2.22. The van der Waals surface area contributed by atoms with Gasteiger partial charge in [0.25, 0.3) is 0 Å². The van der Waals surface area contributed by atoms with Crippen molar-refractivity contribution >= 4 is 5.78 Å². The predicted octanol–water partition coefficient (Wildman–Crippen LogP) is 2.88. The zero-order valence-corrected chi connectivity index (χ0v) is 10.2. The fraction of sp³-hybridized carbons (Fsp3) is 0.643. The van der Waals surface area contributed by atoms with Crippen LogP contribution in [0.2, 0.25) is 0 Å². The highest BCUT2D eigenvalue weighted by atomic mass is 16.3. The van der Waals surface area contributed by atoms with E-state index in [1.165, 1.54) is 0 Å². The number of hydrogen-bond donors (Lipinski definition) is 1. The maximum atomic E-state index is 11.4. The summed E-state index contributed by atoms with van der Waals surface area (Å²) in [4.78, 5) is 11.4. The van der Waals surface area contributed by atoms with E-state index in [1.807, 2.05) is 19.9 Å². The molecule has 1 N–H and O–H groups in total. The molecule has 0 aliphatic heterocycles. The Morgan fingerprint density at radius 3 is 2.69 bits per heavy atom. The molecule has 1 aliphatic rings. The van der Waals surface area contributed by atoms with E-state index < -0.39 is 0 Å². The Morgan fingerprint density at radius 2 is 1.94 bits per heavy atom. The van der Waals surface area contributed by atoms with Crippen molar-refractivity contribution in [1.29, 1.82) is 0 Å². The summed E-state index contributed by atoms with van der Waals surface area (Å²) in [5, 5.41) is 10.0. The summed E-state index contributed by atoms with van der Waals surface area (Å²) >= 11 is 0. The number of hydrogen-bond acceptors (Lipinski definition) is 2. The van der Waals surface area contributed by atoms with E-state index in [-0.39, 0.29) is 23.7 Å². The zero-order valence-electron chi connectivity index (χ0n) is 10.2. The molecule has 0 heterocycles. The fourth-order valence-corrected chi connectivity index (χ4v) is 1.97. The van der Waals surface area contributed by atoms with Gasteiger partial charge < -0.3 is 5.11 Å². The zero-order chi connectivity index (χ0) is 12.0. The standard InChI is InChI=1S/C14H22O2/c1-11-7-5-3-4-6-8-13(15)10-9-12(2)14(11)16/h5-8,11-12,14,16H,3-4,9-10H2,1-2H3/b7-5+,8-6+/t11-,12+,14+/m0/s1. The third-order valence-electron chi connectivity index (χ3n) is 3.21. The molecule has 0 aromatic heterocycles. The van der Waals surface area contributed by atoms with Crippen molar-refractivity contribution in [2.45, 2.75) is 45.6 Å². The Kier molecular flexibility index (Phi) is 5.47. The summed E-state index contributed by atoms with van der Waals surface area (Å²) in [7, 11) is 0. The molecule has 2 heteroatoms. The summed E-state index contributed by atoms with van der Waals surface area (Å²) in [6.07, 6.45) is 10.6. The minimum Gasteiger partial charge on any atom is -0.392 e. The molecule has 1 aliphatic carbocycles. The van der Waals surface area contributed by atoms with Gasteiger partial charge in [0.1, 0.15) is 0 Å². The summed E-state index contributed by atoms with van der Waals surface area (Å²) in [6, 6.07) is 0. The second-order valence-corrected chi connectivity index (χ2v) is 4.74. The van der Waals surface area contributed by atoms with E-state index in [1.54, 1.807) is 6.08 Å². The quantitative estimate of drug-likeness (QED) is 0.640. The number of rotatable bonds is 0. The highest BCUT2D eigenvalue weighted by molar-refractivity contribution is 5.89. The first-order valence-electron chi connectivity index (χ1n) is 6.15. The number of aliphatic hydroxyl groups is 1. The smallest absolute Gasteiger partial charge is 0.155 e. The largest absolute Gasteiger partial charge is 0.392 e. The number of ketones is 1. The number of carbonyl (C=O) groups excluding carboxylic acids is 1. The Morgan fingerprint density at radius 1 is 1.25 bits per heavy atom. The van der Waals surface area contributed by atoms with E-state index in [2.05, 4.69) is 12.2 Å². The first-order valence-corrected chi connectivity index (χ1v) is 6.15. The predicted molar refractivity (Wildman–Crippen MR) is 66.1 cm³/mol. The molecule has 1 rings (SSSR count). The minimum atomic E-state index is -0.340. The number of aliphatic hydroxyl groups excluding tert-OH is 1. The van der Waals surface area contributed by atoms with Crippen molar-refractivity contribution in [2.24, 2.45) is 11.8 Å². The molecule has 0 saturated heterocycles. The van der Waals surface area contributed by atoms with E-state index in [9.17, 15) is 9.90 Å². The van der Waals surface area contributed by atoms with Crippen LogP contribution in [0.4, 0.5) is 0 Å². The molecule has 0 aromatic carbocycles. The Hall–Kier alpha value is -0.890. The first kappa shape index (κ1) is 13.2. The van der Waals surface area contributed by atoms with Gasteiger partial charge in [-0.05, 0) is 31.3 Å². The number of carbonyl (C=O) groups is 1. The van der Waals surface area contributed by atoms with E-state index >= 15 is 0 Å². The summed E-state index contributed by atoms with van der Waals surface area (Å²) in [6.45, 7) is 4.04. The van der Waals surface area contributed by atoms with Crippen LogP contribution in [0.15, 0.2) is 24.3 Å². The van der Waals surface area contributed by atoms with E-state index in [4.69, 9.17) is 0 Å². The second-order valence-electron chi connectivity index (χ2n) is 4.74. The van der Waals surface area contributed by atoms with Gasteiger partial charge in [-0.25, -0.2) is 0 Å². The SMILES string of the molecule is C[C@@H]1CCC(=O)/C=C/CC/C=C/[C@H](C)[C@H]1O. The lowest BCUT2D eigenvalue weighted by atomic mass is 9.89. The molecule has 0 saturated carbocycles. The van der Waals surface area contributed by atoms with Crippen LogP contribution in [0, 0.1) is 11.8 Å². The minimum absolute atomic E-state index is 0.175. The van der Waals surface area contributed by atoms with Crippen LogP contribution in [0.3, 0.4) is 0 Å². The highest BCUT2D eigenvalue weighted by Gasteiger charge is 2.19. The molecule has 0 radical (unpaired) electrons. The van der Waals surface area contributed by atoms with Gasteiger partial charge in [-0.2, -0.15) is 0 Å². The first-order chi connectivity index (χ1) is 7.61. The van der Waals surface area contributed by atoms with Gasteiger partial charge in [0.2, 0.25) is 0 Å². The van der Waals surface area contributed by atoms with Crippen molar-refractivity contribution in [3.05, 3.63) is 24.3 Å². The maximum absolute atomic E-state index is 11.4. The molecule has 0 amide bonds. The summed E-state index contributed by atoms with van der Waals surface area (Å²) in [5.41, 5.74) is 0. The van der Waals surface area contributed by atoms with Gasteiger partial charge in [0.15, 0.2) is 5.78 Å². The average Bonchev–Trinajstić information content (AvgIpc) is 2.27. The van der Waals surface area contributed by atoms with E-state index in [0.717, 1.165) is 19.3 Å².